The van der Waals surface area contributed by atoms with Gasteiger partial charge in [0.25, 0.3) is 5.91 Å². The molecule has 0 unspecified atom stereocenters. The third kappa shape index (κ3) is 5.20. The molecule has 29 heavy (non-hydrogen) atoms. The Morgan fingerprint density at radius 3 is 2.00 bits per heavy atom. The predicted molar refractivity (Wildman–Crippen MR) is 105 cm³/mol. The summed E-state index contributed by atoms with van der Waals surface area (Å²) in [4.78, 5) is 12.5. The molecule has 0 atom stereocenters. The summed E-state index contributed by atoms with van der Waals surface area (Å²) in [6.45, 7) is 0.157. The van der Waals surface area contributed by atoms with Crippen molar-refractivity contribution in [3.05, 3.63) is 48.8 Å². The van der Waals surface area contributed by atoms with Crippen LogP contribution >= 0.6 is 0 Å². The highest BCUT2D eigenvalue weighted by Crippen LogP contribution is 2.31. The number of anilines is 1. The third-order valence-electron chi connectivity index (χ3n) is 4.30. The second-order valence-corrected chi connectivity index (χ2v) is 6.10. The normalized spacial score (nSPS) is 10.1. The number of rotatable bonds is 7. The number of benzene rings is 2. The molecule has 0 bridgehead atoms. The molecule has 1 N–H and O–H groups in total. The van der Waals surface area contributed by atoms with Gasteiger partial charge in [0.2, 0.25) is 6.54 Å². The maximum absolute atomic E-state index is 12.5. The van der Waals surface area contributed by atoms with Crippen molar-refractivity contribution in [2.75, 3.05) is 33.8 Å². The van der Waals surface area contributed by atoms with Crippen LogP contribution in [0.5, 0.6) is 23.0 Å². The van der Waals surface area contributed by atoms with E-state index in [-0.39, 0.29) is 24.9 Å². The van der Waals surface area contributed by atoms with E-state index in [1.807, 2.05) is 30.6 Å². The lowest BCUT2D eigenvalue weighted by Gasteiger charge is -2.10. The van der Waals surface area contributed by atoms with Crippen LogP contribution in [0.3, 0.4) is 0 Å². The zero-order chi connectivity index (χ0) is 20.1. The van der Waals surface area contributed by atoms with Gasteiger partial charge in [-0.25, -0.2) is 0 Å². The molecule has 0 aliphatic heterocycles. The van der Waals surface area contributed by atoms with Gasteiger partial charge in [-0.1, -0.05) is 0 Å². The summed E-state index contributed by atoms with van der Waals surface area (Å²) in [7, 11) is 6.32. The van der Waals surface area contributed by atoms with E-state index in [2.05, 4.69) is 5.32 Å². The zero-order valence-electron chi connectivity index (χ0n) is 16.7. The first-order valence-corrected chi connectivity index (χ1v) is 8.64. The van der Waals surface area contributed by atoms with Crippen LogP contribution in [0.25, 0.3) is 10.8 Å². The van der Waals surface area contributed by atoms with Crippen LogP contribution in [0, 0.1) is 0 Å². The molecule has 3 aromatic rings. The molecule has 2 aromatic carbocycles. The van der Waals surface area contributed by atoms with Gasteiger partial charge in [0, 0.05) is 35.3 Å². The first-order chi connectivity index (χ1) is 13.6. The van der Waals surface area contributed by atoms with Crippen molar-refractivity contribution >= 4 is 22.4 Å². The maximum Gasteiger partial charge on any atom is 0.290 e. The number of fused-ring (bicyclic) bond motifs is 1. The van der Waals surface area contributed by atoms with Crippen LogP contribution in [-0.2, 0) is 11.3 Å². The van der Waals surface area contributed by atoms with E-state index in [0.29, 0.717) is 28.7 Å². The average molecular weight is 419 g/mol. The van der Waals surface area contributed by atoms with Crippen molar-refractivity contribution in [2.45, 2.75) is 6.54 Å². The number of hydrogen-bond acceptors (Lipinski definition) is 5. The number of halogens is 1. The molecule has 0 aliphatic rings. The molecule has 8 heteroatoms. The molecular weight excluding hydrogens is 396 g/mol. The molecule has 7 nitrogen and oxygen atoms in total. The fourth-order valence-corrected chi connectivity index (χ4v) is 2.91. The topological polar surface area (TPSA) is 69.9 Å². The van der Waals surface area contributed by atoms with Crippen molar-refractivity contribution < 1.29 is 40.7 Å². The van der Waals surface area contributed by atoms with Crippen LogP contribution in [0.4, 0.5) is 5.69 Å². The summed E-state index contributed by atoms with van der Waals surface area (Å²) >= 11 is 0. The van der Waals surface area contributed by atoms with Gasteiger partial charge in [0.1, 0.15) is 11.5 Å². The Labute approximate surface area is 175 Å². The minimum atomic E-state index is -0.167. The lowest BCUT2D eigenvalue weighted by Crippen LogP contribution is -3.00. The van der Waals surface area contributed by atoms with Crippen LogP contribution in [0.15, 0.2) is 48.8 Å². The van der Waals surface area contributed by atoms with Gasteiger partial charge < -0.3 is 36.7 Å². The largest absolute Gasteiger partial charge is 1.00 e. The van der Waals surface area contributed by atoms with Crippen molar-refractivity contribution in [2.24, 2.45) is 0 Å². The van der Waals surface area contributed by atoms with E-state index in [9.17, 15) is 4.79 Å². The quantitative estimate of drug-likeness (QED) is 0.538. The molecule has 1 aromatic heterocycles. The number of ether oxygens (including phenoxy) is 4. The van der Waals surface area contributed by atoms with Crippen molar-refractivity contribution in [1.82, 2.24) is 0 Å². The summed E-state index contributed by atoms with van der Waals surface area (Å²) in [6.07, 6.45) is 3.74. The van der Waals surface area contributed by atoms with Gasteiger partial charge >= 0.3 is 0 Å². The average Bonchev–Trinajstić information content (AvgIpc) is 2.72. The number of pyridine rings is 1. The van der Waals surface area contributed by atoms with E-state index < -0.39 is 0 Å². The Morgan fingerprint density at radius 2 is 1.45 bits per heavy atom. The lowest BCUT2D eigenvalue weighted by atomic mass is 10.1. The van der Waals surface area contributed by atoms with Crippen LogP contribution in [0.1, 0.15) is 0 Å². The number of carbonyl (C=O) groups is 1. The van der Waals surface area contributed by atoms with Gasteiger partial charge in [-0.3, -0.25) is 4.79 Å². The smallest absolute Gasteiger partial charge is 0.290 e. The van der Waals surface area contributed by atoms with Crippen molar-refractivity contribution in [3.8, 4) is 23.0 Å². The van der Waals surface area contributed by atoms with E-state index in [4.69, 9.17) is 18.9 Å². The number of nitrogens with zero attached hydrogens (tertiary/aromatic N) is 1. The number of hydrogen-bond donors (Lipinski definition) is 1. The summed E-state index contributed by atoms with van der Waals surface area (Å²) in [5.41, 5.74) is 0.606. The molecule has 0 saturated carbocycles. The molecular formula is C21H23ClN2O5. The second kappa shape index (κ2) is 9.84. The predicted octanol–water partition coefficient (Wildman–Crippen LogP) is -0.196. The number of amides is 1. The molecule has 0 fully saturated rings. The van der Waals surface area contributed by atoms with Crippen LogP contribution in [0.2, 0.25) is 0 Å². The van der Waals surface area contributed by atoms with Crippen molar-refractivity contribution in [3.63, 3.8) is 0 Å². The fourth-order valence-electron chi connectivity index (χ4n) is 2.91. The number of methoxy groups -OCH3 is 4. The molecule has 0 radical (unpaired) electrons. The van der Waals surface area contributed by atoms with E-state index >= 15 is 0 Å². The van der Waals surface area contributed by atoms with E-state index in [1.54, 1.807) is 51.2 Å². The molecule has 3 rings (SSSR count). The number of nitrogens with one attached hydrogen (secondary N) is 1. The summed E-state index contributed by atoms with van der Waals surface area (Å²) in [5.74, 6) is 2.35. The van der Waals surface area contributed by atoms with Crippen LogP contribution in [-0.4, -0.2) is 34.3 Å². The van der Waals surface area contributed by atoms with Gasteiger partial charge in [0.05, 0.1) is 28.4 Å². The monoisotopic (exact) mass is 418 g/mol. The highest BCUT2D eigenvalue weighted by Gasteiger charge is 2.14. The van der Waals surface area contributed by atoms with Gasteiger partial charge in [-0.2, -0.15) is 4.57 Å². The Kier molecular flexibility index (Phi) is 7.50. The van der Waals surface area contributed by atoms with Crippen molar-refractivity contribution in [1.29, 1.82) is 0 Å². The van der Waals surface area contributed by atoms with Gasteiger partial charge in [-0.05, 0) is 17.5 Å². The minimum absolute atomic E-state index is 0. The van der Waals surface area contributed by atoms with E-state index in [0.717, 1.165) is 10.8 Å². The molecule has 0 spiro atoms. The fraction of sp³-hybridized carbons (Fsp3) is 0.238. The number of carbonyl (C=O) groups excluding carboxylic acids is 1. The molecule has 0 saturated heterocycles. The number of aromatic nitrogens is 1. The molecule has 154 valence electrons. The lowest BCUT2D eigenvalue weighted by molar-refractivity contribution is -0.682. The van der Waals surface area contributed by atoms with Gasteiger partial charge in [-0.15, -0.1) is 0 Å². The molecule has 1 heterocycles. The standard InChI is InChI=1S/C21H22N2O5.ClH/c1-25-17-9-16(10-18(11-17)26-2)22-21(24)13-23-6-5-14-7-19(27-3)20(28-4)8-15(14)12-23;/h5-12H,13H2,1-4H3;1H. The Balaban J connectivity index is 0.00000300. The maximum atomic E-state index is 12.5. The first-order valence-electron chi connectivity index (χ1n) is 8.64. The first kappa shape index (κ1) is 22.1. The Bertz CT molecular complexity index is 988. The Morgan fingerprint density at radius 1 is 0.862 bits per heavy atom. The Hall–Kier alpha value is -3.19. The minimum Gasteiger partial charge on any atom is -1.00 e. The highest BCUT2D eigenvalue weighted by molar-refractivity contribution is 5.90. The SMILES string of the molecule is COc1cc(NC(=O)C[n+]2ccc3cc(OC)c(OC)cc3c2)cc(OC)c1.[Cl-]. The molecule has 0 aliphatic carbocycles. The summed E-state index contributed by atoms with van der Waals surface area (Å²) < 4.78 is 22.9. The summed E-state index contributed by atoms with van der Waals surface area (Å²) in [5, 5.41) is 4.80. The van der Waals surface area contributed by atoms with E-state index in [1.165, 1.54) is 0 Å². The van der Waals surface area contributed by atoms with Gasteiger partial charge in [0.15, 0.2) is 23.9 Å². The highest BCUT2D eigenvalue weighted by atomic mass is 35.5. The summed E-state index contributed by atoms with van der Waals surface area (Å²) in [6, 6.07) is 10.9. The zero-order valence-corrected chi connectivity index (χ0v) is 17.4. The second-order valence-electron chi connectivity index (χ2n) is 6.10. The molecule has 1 amide bonds. The van der Waals surface area contributed by atoms with Crippen LogP contribution < -0.4 is 41.2 Å². The third-order valence-corrected chi connectivity index (χ3v) is 4.30.